The van der Waals surface area contributed by atoms with Gasteiger partial charge in [0.15, 0.2) is 5.82 Å². The van der Waals surface area contributed by atoms with E-state index in [1.54, 1.807) is 0 Å². The molecule has 0 bridgehead atoms. The van der Waals surface area contributed by atoms with Crippen LogP contribution in [-0.4, -0.2) is 5.51 Å². The molecule has 0 amide bonds. The fourth-order valence-corrected chi connectivity index (χ4v) is 1.61. The Balaban J connectivity index is 3.09. The van der Waals surface area contributed by atoms with E-state index in [0.717, 1.165) is 0 Å². The van der Waals surface area contributed by atoms with Gasteiger partial charge in [0.25, 0.3) is 0 Å². The Bertz CT molecular complexity index is 349. The average molecular weight is 249 g/mol. The second kappa shape index (κ2) is 3.94. The highest BCUT2D eigenvalue weighted by atomic mass is 35.5. The molecule has 0 N–H and O–H groups in total. The van der Waals surface area contributed by atoms with E-state index in [1.165, 1.54) is 0 Å². The lowest BCUT2D eigenvalue weighted by molar-refractivity contribution is -0.0329. The third-order valence-electron chi connectivity index (χ3n) is 1.19. The van der Waals surface area contributed by atoms with Crippen molar-refractivity contribution >= 4 is 23.4 Å². The second-order valence-electron chi connectivity index (χ2n) is 2.25. The van der Waals surface area contributed by atoms with Crippen LogP contribution in [0.15, 0.2) is 17.0 Å². The highest BCUT2D eigenvalue weighted by Crippen LogP contribution is 2.39. The lowest BCUT2D eigenvalue weighted by Gasteiger charge is -2.07. The van der Waals surface area contributed by atoms with E-state index in [-0.39, 0.29) is 0 Å². The van der Waals surface area contributed by atoms with Crippen LogP contribution in [0.2, 0.25) is 5.02 Å². The number of hydrogen-bond acceptors (Lipinski definition) is 1. The second-order valence-corrected chi connectivity index (χ2v) is 3.76. The minimum atomic E-state index is -4.67. The van der Waals surface area contributed by atoms with Crippen LogP contribution in [0.5, 0.6) is 0 Å². The Labute approximate surface area is 85.1 Å². The first-order valence-corrected chi connectivity index (χ1v) is 4.39. The van der Waals surface area contributed by atoms with Crippen LogP contribution < -0.4 is 0 Å². The monoisotopic (exact) mass is 248 g/mol. The van der Waals surface area contributed by atoms with Crippen molar-refractivity contribution in [2.45, 2.75) is 10.4 Å². The molecule has 0 spiro atoms. The van der Waals surface area contributed by atoms with E-state index in [4.69, 9.17) is 11.6 Å². The molecule has 0 unspecified atom stereocenters. The van der Waals surface area contributed by atoms with Crippen molar-refractivity contribution in [1.82, 2.24) is 0 Å². The molecule has 7 heteroatoms. The molecule has 1 rings (SSSR count). The van der Waals surface area contributed by atoms with Crippen LogP contribution in [0, 0.1) is 11.6 Å². The molecule has 0 aromatic heterocycles. The van der Waals surface area contributed by atoms with Gasteiger partial charge in [-0.3, -0.25) is 0 Å². The molecule has 78 valence electrons. The van der Waals surface area contributed by atoms with Crippen molar-refractivity contribution in [3.05, 3.63) is 28.8 Å². The first kappa shape index (κ1) is 11.6. The zero-order valence-corrected chi connectivity index (χ0v) is 7.90. The van der Waals surface area contributed by atoms with Crippen molar-refractivity contribution < 1.29 is 22.0 Å². The molecule has 0 fully saturated rings. The number of rotatable bonds is 1. The fraction of sp³-hybridized carbons (Fsp3) is 0.143. The minimum absolute atomic E-state index is 0.444. The van der Waals surface area contributed by atoms with Gasteiger partial charge in [-0.05, 0) is 23.9 Å². The lowest BCUT2D eigenvalue weighted by Crippen LogP contribution is -2.01. The zero-order valence-electron chi connectivity index (χ0n) is 6.33. The van der Waals surface area contributed by atoms with E-state index in [9.17, 15) is 22.0 Å². The Hall–Kier alpha value is -0.490. The summed E-state index contributed by atoms with van der Waals surface area (Å²) in [7, 11) is 0. The first-order valence-electron chi connectivity index (χ1n) is 3.20. The highest BCUT2D eigenvalue weighted by molar-refractivity contribution is 8.00. The largest absolute Gasteiger partial charge is 0.446 e. The molecule has 1 aromatic rings. The van der Waals surface area contributed by atoms with E-state index < -0.39 is 38.8 Å². The third-order valence-corrected chi connectivity index (χ3v) is 2.21. The molecule has 0 aliphatic rings. The summed E-state index contributed by atoms with van der Waals surface area (Å²) in [5, 5.41) is -0.670. The normalized spacial score (nSPS) is 11.9. The van der Waals surface area contributed by atoms with Crippen LogP contribution in [0.3, 0.4) is 0 Å². The van der Waals surface area contributed by atoms with Crippen molar-refractivity contribution in [3.63, 3.8) is 0 Å². The average Bonchev–Trinajstić information content (AvgIpc) is 1.96. The van der Waals surface area contributed by atoms with Crippen molar-refractivity contribution in [2.24, 2.45) is 0 Å². The van der Waals surface area contributed by atoms with Crippen LogP contribution in [0.25, 0.3) is 0 Å². The van der Waals surface area contributed by atoms with E-state index in [0.29, 0.717) is 12.1 Å². The van der Waals surface area contributed by atoms with E-state index in [1.807, 2.05) is 0 Å². The van der Waals surface area contributed by atoms with Crippen LogP contribution in [0.4, 0.5) is 22.0 Å². The van der Waals surface area contributed by atoms with Crippen molar-refractivity contribution in [2.75, 3.05) is 0 Å². The number of hydrogen-bond donors (Lipinski definition) is 0. The maximum absolute atomic E-state index is 12.9. The Morgan fingerprint density at radius 2 is 1.71 bits per heavy atom. The van der Waals surface area contributed by atoms with Crippen LogP contribution >= 0.6 is 23.4 Å². The van der Waals surface area contributed by atoms with Gasteiger partial charge in [-0.15, -0.1) is 0 Å². The van der Waals surface area contributed by atoms with Crippen LogP contribution in [0.1, 0.15) is 0 Å². The summed E-state index contributed by atoms with van der Waals surface area (Å²) in [5.74, 6) is -2.28. The molecule has 0 aliphatic carbocycles. The molecule has 0 saturated carbocycles. The van der Waals surface area contributed by atoms with Crippen molar-refractivity contribution in [1.29, 1.82) is 0 Å². The van der Waals surface area contributed by atoms with Gasteiger partial charge in [-0.1, -0.05) is 11.6 Å². The van der Waals surface area contributed by atoms with Gasteiger partial charge in [-0.2, -0.15) is 13.2 Å². The molecule has 0 saturated heterocycles. The summed E-state index contributed by atoms with van der Waals surface area (Å²) in [6, 6.07) is 1.05. The summed E-state index contributed by atoms with van der Waals surface area (Å²) in [6.45, 7) is 0. The van der Waals surface area contributed by atoms with Gasteiger partial charge < -0.3 is 0 Å². The Morgan fingerprint density at radius 1 is 1.14 bits per heavy atom. The molecular weight excluding hydrogens is 247 g/mol. The summed E-state index contributed by atoms with van der Waals surface area (Å²) < 4.78 is 60.9. The topological polar surface area (TPSA) is 0 Å². The zero-order chi connectivity index (χ0) is 10.9. The van der Waals surface area contributed by atoms with E-state index >= 15 is 0 Å². The third kappa shape index (κ3) is 3.02. The van der Waals surface area contributed by atoms with Gasteiger partial charge in [0, 0.05) is 0 Å². The number of benzene rings is 1. The molecule has 0 atom stereocenters. The van der Waals surface area contributed by atoms with Gasteiger partial charge in [-0.25, -0.2) is 8.78 Å². The first-order chi connectivity index (χ1) is 6.29. The molecule has 0 heterocycles. The Morgan fingerprint density at radius 3 is 2.21 bits per heavy atom. The standard InChI is InChI=1S/C7H2ClF5S/c8-4-1-3(9)2-5(6(4)10)14-7(11,12)13/h1-2H. The maximum atomic E-state index is 12.9. The van der Waals surface area contributed by atoms with Gasteiger partial charge >= 0.3 is 5.51 Å². The fourth-order valence-electron chi connectivity index (χ4n) is 0.731. The van der Waals surface area contributed by atoms with Crippen LogP contribution in [-0.2, 0) is 0 Å². The van der Waals surface area contributed by atoms with E-state index in [2.05, 4.69) is 0 Å². The molecule has 1 aromatic carbocycles. The molecule has 0 aliphatic heterocycles. The summed E-state index contributed by atoms with van der Waals surface area (Å²) in [5.41, 5.74) is -4.67. The number of alkyl halides is 3. The number of halogens is 6. The molecule has 0 nitrogen and oxygen atoms in total. The predicted molar refractivity (Wildman–Crippen MR) is 43.3 cm³/mol. The SMILES string of the molecule is Fc1cc(Cl)c(F)c(SC(F)(F)F)c1. The van der Waals surface area contributed by atoms with Gasteiger partial charge in [0.2, 0.25) is 0 Å². The molecule has 0 radical (unpaired) electrons. The highest BCUT2D eigenvalue weighted by Gasteiger charge is 2.31. The van der Waals surface area contributed by atoms with Crippen molar-refractivity contribution in [3.8, 4) is 0 Å². The molecule has 14 heavy (non-hydrogen) atoms. The van der Waals surface area contributed by atoms with Gasteiger partial charge in [0.1, 0.15) is 5.82 Å². The quantitative estimate of drug-likeness (QED) is 0.407. The summed E-state index contributed by atoms with van der Waals surface area (Å²) in [4.78, 5) is -0.873. The van der Waals surface area contributed by atoms with Gasteiger partial charge in [0.05, 0.1) is 9.92 Å². The number of thioether (sulfide) groups is 1. The predicted octanol–water partition coefficient (Wildman–Crippen LogP) is 4.23. The summed E-state index contributed by atoms with van der Waals surface area (Å²) in [6.07, 6.45) is 0. The smallest absolute Gasteiger partial charge is 0.207 e. The summed E-state index contributed by atoms with van der Waals surface area (Å²) >= 11 is 4.41. The maximum Gasteiger partial charge on any atom is 0.446 e. The Kier molecular flexibility index (Phi) is 3.26. The molecular formula is C7H2ClF5S. The minimum Gasteiger partial charge on any atom is -0.207 e. The lowest BCUT2D eigenvalue weighted by atomic mass is 10.3.